The third kappa shape index (κ3) is 4.22. The van der Waals surface area contributed by atoms with Gasteiger partial charge in [-0.3, -0.25) is 4.79 Å². The SMILES string of the molecule is CC(C)(CO)CNC(=O)CCn1ccc2cc(Cl)ccc21. The Morgan fingerprint density at radius 2 is 2.14 bits per heavy atom. The van der Waals surface area contributed by atoms with Gasteiger partial charge in [0.05, 0.1) is 0 Å². The number of hydrogen-bond donors (Lipinski definition) is 2. The van der Waals surface area contributed by atoms with E-state index in [0.717, 1.165) is 10.9 Å². The minimum absolute atomic E-state index is 0.00709. The van der Waals surface area contributed by atoms with Crippen molar-refractivity contribution in [2.24, 2.45) is 5.41 Å². The Morgan fingerprint density at radius 1 is 1.38 bits per heavy atom. The van der Waals surface area contributed by atoms with Crippen LogP contribution in [0.15, 0.2) is 30.5 Å². The topological polar surface area (TPSA) is 54.3 Å². The van der Waals surface area contributed by atoms with E-state index in [1.807, 2.05) is 48.9 Å². The van der Waals surface area contributed by atoms with E-state index in [4.69, 9.17) is 16.7 Å². The number of amides is 1. The zero-order chi connectivity index (χ0) is 15.5. The van der Waals surface area contributed by atoms with Crippen molar-refractivity contribution in [2.45, 2.75) is 26.8 Å². The smallest absolute Gasteiger partial charge is 0.221 e. The fraction of sp³-hybridized carbons (Fsp3) is 0.438. The molecule has 2 rings (SSSR count). The Kier molecular flexibility index (Phi) is 4.91. The molecule has 2 N–H and O–H groups in total. The molecule has 0 saturated carbocycles. The molecular formula is C16H21ClN2O2. The zero-order valence-electron chi connectivity index (χ0n) is 12.4. The van der Waals surface area contributed by atoms with Crippen LogP contribution in [0, 0.1) is 5.41 Å². The second-order valence-corrected chi connectivity index (χ2v) is 6.50. The fourth-order valence-corrected chi connectivity index (χ4v) is 2.25. The molecular weight excluding hydrogens is 288 g/mol. The number of aliphatic hydroxyl groups excluding tert-OH is 1. The summed E-state index contributed by atoms with van der Waals surface area (Å²) in [6.07, 6.45) is 2.37. The number of aliphatic hydroxyl groups is 1. The Morgan fingerprint density at radius 3 is 2.86 bits per heavy atom. The van der Waals surface area contributed by atoms with Crippen LogP contribution in [-0.2, 0) is 11.3 Å². The average molecular weight is 309 g/mol. The van der Waals surface area contributed by atoms with E-state index in [1.165, 1.54) is 0 Å². The van der Waals surface area contributed by atoms with Gasteiger partial charge in [-0.05, 0) is 24.3 Å². The van der Waals surface area contributed by atoms with Crippen molar-refractivity contribution in [3.05, 3.63) is 35.5 Å². The van der Waals surface area contributed by atoms with Gasteiger partial charge in [0.25, 0.3) is 0 Å². The number of hydrogen-bond acceptors (Lipinski definition) is 2. The number of benzene rings is 1. The lowest BCUT2D eigenvalue weighted by Crippen LogP contribution is -2.36. The van der Waals surface area contributed by atoms with Crippen LogP contribution in [0.25, 0.3) is 10.9 Å². The van der Waals surface area contributed by atoms with E-state index >= 15 is 0 Å². The van der Waals surface area contributed by atoms with Gasteiger partial charge in [-0.25, -0.2) is 0 Å². The van der Waals surface area contributed by atoms with Gasteiger partial charge >= 0.3 is 0 Å². The molecule has 0 spiro atoms. The molecule has 0 unspecified atom stereocenters. The lowest BCUT2D eigenvalue weighted by atomic mass is 9.95. The average Bonchev–Trinajstić information content (AvgIpc) is 2.85. The molecule has 5 heteroatoms. The molecule has 0 radical (unpaired) electrons. The largest absolute Gasteiger partial charge is 0.396 e. The summed E-state index contributed by atoms with van der Waals surface area (Å²) in [7, 11) is 0. The molecule has 0 aliphatic heterocycles. The lowest BCUT2D eigenvalue weighted by molar-refractivity contribution is -0.121. The van der Waals surface area contributed by atoms with Gasteiger partial charge in [0.15, 0.2) is 0 Å². The Balaban J connectivity index is 1.91. The molecule has 2 aromatic rings. The van der Waals surface area contributed by atoms with Crippen LogP contribution in [0.2, 0.25) is 5.02 Å². The molecule has 1 aromatic carbocycles. The summed E-state index contributed by atoms with van der Waals surface area (Å²) in [5.74, 6) is -0.00709. The highest BCUT2D eigenvalue weighted by molar-refractivity contribution is 6.31. The molecule has 0 bridgehead atoms. The van der Waals surface area contributed by atoms with Crippen molar-refractivity contribution in [3.8, 4) is 0 Å². The van der Waals surface area contributed by atoms with Gasteiger partial charge in [0, 0.05) is 53.7 Å². The minimum Gasteiger partial charge on any atom is -0.396 e. The van der Waals surface area contributed by atoms with Gasteiger partial charge in [-0.2, -0.15) is 0 Å². The standard InChI is InChI=1S/C16H21ClN2O2/c1-16(2,11-20)10-18-15(21)6-8-19-7-5-12-9-13(17)3-4-14(12)19/h3-5,7,9,20H,6,8,10-11H2,1-2H3,(H,18,21). The monoisotopic (exact) mass is 308 g/mol. The van der Waals surface area contributed by atoms with E-state index in [9.17, 15) is 4.79 Å². The first-order chi connectivity index (χ1) is 9.91. The molecule has 1 aromatic heterocycles. The maximum atomic E-state index is 11.9. The van der Waals surface area contributed by atoms with Gasteiger partial charge < -0.3 is 15.0 Å². The Hall–Kier alpha value is -1.52. The summed E-state index contributed by atoms with van der Waals surface area (Å²) in [5.41, 5.74) is 0.787. The van der Waals surface area contributed by atoms with Gasteiger partial charge in [-0.15, -0.1) is 0 Å². The number of nitrogens with zero attached hydrogens (tertiary/aromatic N) is 1. The molecule has 0 aliphatic carbocycles. The molecule has 4 nitrogen and oxygen atoms in total. The minimum atomic E-state index is -0.285. The van der Waals surface area contributed by atoms with Crippen LogP contribution in [0.5, 0.6) is 0 Å². The first kappa shape index (κ1) is 15.9. The van der Waals surface area contributed by atoms with Crippen LogP contribution in [0.3, 0.4) is 0 Å². The van der Waals surface area contributed by atoms with E-state index in [1.54, 1.807) is 0 Å². The van der Waals surface area contributed by atoms with Crippen LogP contribution in [0.4, 0.5) is 0 Å². The van der Waals surface area contributed by atoms with Crippen LogP contribution in [0.1, 0.15) is 20.3 Å². The number of aryl methyl sites for hydroxylation is 1. The second kappa shape index (κ2) is 6.50. The number of fused-ring (bicyclic) bond motifs is 1. The van der Waals surface area contributed by atoms with Crippen LogP contribution < -0.4 is 5.32 Å². The molecule has 0 atom stereocenters. The summed E-state index contributed by atoms with van der Waals surface area (Å²) in [6, 6.07) is 7.72. The van der Waals surface area contributed by atoms with Crippen LogP contribution in [-0.4, -0.2) is 28.7 Å². The Labute approximate surface area is 129 Å². The highest BCUT2D eigenvalue weighted by atomic mass is 35.5. The summed E-state index contributed by atoms with van der Waals surface area (Å²) in [4.78, 5) is 11.9. The third-order valence-corrected chi connectivity index (χ3v) is 3.74. The number of rotatable bonds is 6. The van der Waals surface area contributed by atoms with E-state index in [2.05, 4.69) is 5.32 Å². The van der Waals surface area contributed by atoms with Crippen molar-refractivity contribution in [2.75, 3.05) is 13.2 Å². The summed E-state index contributed by atoms with van der Waals surface area (Å²) in [6.45, 7) is 4.98. The highest BCUT2D eigenvalue weighted by Gasteiger charge is 2.17. The number of aromatic nitrogens is 1. The van der Waals surface area contributed by atoms with Crippen molar-refractivity contribution < 1.29 is 9.90 Å². The Bertz CT molecular complexity index is 634. The van der Waals surface area contributed by atoms with Crippen molar-refractivity contribution in [1.82, 2.24) is 9.88 Å². The second-order valence-electron chi connectivity index (χ2n) is 6.06. The number of carbonyl (C=O) groups is 1. The van der Waals surface area contributed by atoms with Gasteiger partial charge in [0.2, 0.25) is 5.91 Å². The van der Waals surface area contributed by atoms with E-state index in [-0.39, 0.29) is 17.9 Å². The molecule has 0 aliphatic rings. The van der Waals surface area contributed by atoms with Crippen molar-refractivity contribution in [3.63, 3.8) is 0 Å². The first-order valence-electron chi connectivity index (χ1n) is 7.03. The maximum Gasteiger partial charge on any atom is 0.221 e. The normalized spacial score (nSPS) is 11.8. The van der Waals surface area contributed by atoms with E-state index in [0.29, 0.717) is 24.5 Å². The van der Waals surface area contributed by atoms with Gasteiger partial charge in [0.1, 0.15) is 0 Å². The first-order valence-corrected chi connectivity index (χ1v) is 7.41. The quantitative estimate of drug-likeness (QED) is 0.862. The molecule has 0 saturated heterocycles. The molecule has 1 heterocycles. The van der Waals surface area contributed by atoms with Crippen molar-refractivity contribution >= 4 is 28.4 Å². The van der Waals surface area contributed by atoms with E-state index < -0.39 is 0 Å². The number of nitrogens with one attached hydrogen (secondary N) is 1. The zero-order valence-corrected chi connectivity index (χ0v) is 13.2. The number of halogens is 1. The highest BCUT2D eigenvalue weighted by Crippen LogP contribution is 2.20. The molecule has 1 amide bonds. The maximum absolute atomic E-state index is 11.9. The van der Waals surface area contributed by atoms with Crippen molar-refractivity contribution in [1.29, 1.82) is 0 Å². The number of carbonyl (C=O) groups excluding carboxylic acids is 1. The lowest BCUT2D eigenvalue weighted by Gasteiger charge is -2.21. The summed E-state index contributed by atoms with van der Waals surface area (Å²) >= 11 is 5.96. The fourth-order valence-electron chi connectivity index (χ4n) is 2.07. The molecule has 21 heavy (non-hydrogen) atoms. The molecule has 114 valence electrons. The van der Waals surface area contributed by atoms with Gasteiger partial charge in [-0.1, -0.05) is 25.4 Å². The molecule has 0 fully saturated rings. The third-order valence-electron chi connectivity index (χ3n) is 3.50. The predicted octanol–water partition coefficient (Wildman–Crippen LogP) is 2.82. The predicted molar refractivity (Wildman–Crippen MR) is 85.4 cm³/mol. The van der Waals surface area contributed by atoms with Crippen LogP contribution >= 0.6 is 11.6 Å². The summed E-state index contributed by atoms with van der Waals surface area (Å²) in [5, 5.41) is 13.8. The summed E-state index contributed by atoms with van der Waals surface area (Å²) < 4.78 is 2.04.